The summed E-state index contributed by atoms with van der Waals surface area (Å²) in [6.07, 6.45) is 0. The van der Waals surface area contributed by atoms with E-state index < -0.39 is 0 Å². The Morgan fingerprint density at radius 1 is 1.14 bits per heavy atom. The quantitative estimate of drug-likeness (QED) is 0.596. The topological polar surface area (TPSA) is 70.4 Å². The molecule has 0 aromatic heterocycles. The molecule has 0 saturated heterocycles. The van der Waals surface area contributed by atoms with Gasteiger partial charge in [-0.15, -0.1) is 0 Å². The van der Waals surface area contributed by atoms with Crippen LogP contribution in [0.2, 0.25) is 0 Å². The molecule has 0 saturated carbocycles. The summed E-state index contributed by atoms with van der Waals surface area (Å²) in [7, 11) is 3.91. The van der Waals surface area contributed by atoms with E-state index in [4.69, 9.17) is 5.84 Å². The Morgan fingerprint density at radius 2 is 1.90 bits per heavy atom. The predicted octanol–water partition coefficient (Wildman–Crippen LogP) is 2.60. The molecular weight excluding hydrogens is 264 g/mol. The van der Waals surface area contributed by atoms with Crippen molar-refractivity contribution in [2.75, 3.05) is 29.7 Å². The van der Waals surface area contributed by atoms with E-state index in [1.165, 1.54) is 0 Å². The number of nitrogen functional groups attached to an aromatic ring is 1. The minimum atomic E-state index is -0.192. The van der Waals surface area contributed by atoms with Gasteiger partial charge in [0.1, 0.15) is 0 Å². The molecule has 4 N–H and O–H groups in total. The van der Waals surface area contributed by atoms with E-state index in [1.807, 2.05) is 56.3 Å². The van der Waals surface area contributed by atoms with Crippen LogP contribution in [-0.2, 0) is 0 Å². The van der Waals surface area contributed by atoms with Crippen LogP contribution < -0.4 is 21.5 Å². The number of nitrogens with zero attached hydrogens (tertiary/aromatic N) is 1. The summed E-state index contributed by atoms with van der Waals surface area (Å²) in [6.45, 7) is 1.93. The summed E-state index contributed by atoms with van der Waals surface area (Å²) in [4.78, 5) is 14.4. The Hall–Kier alpha value is -2.53. The Kier molecular flexibility index (Phi) is 4.45. The van der Waals surface area contributed by atoms with Crippen LogP contribution in [-0.4, -0.2) is 20.0 Å². The van der Waals surface area contributed by atoms with E-state index in [-0.39, 0.29) is 5.91 Å². The maximum absolute atomic E-state index is 12.4. The molecule has 2 aromatic rings. The van der Waals surface area contributed by atoms with Gasteiger partial charge in [0.2, 0.25) is 0 Å². The summed E-state index contributed by atoms with van der Waals surface area (Å²) >= 11 is 0. The molecule has 110 valence electrons. The van der Waals surface area contributed by atoms with Crippen molar-refractivity contribution in [1.29, 1.82) is 0 Å². The van der Waals surface area contributed by atoms with E-state index >= 15 is 0 Å². The number of hydrogen-bond acceptors (Lipinski definition) is 4. The lowest BCUT2D eigenvalue weighted by Gasteiger charge is -2.15. The van der Waals surface area contributed by atoms with Crippen LogP contribution in [0.4, 0.5) is 17.1 Å². The molecular formula is C16H20N4O. The van der Waals surface area contributed by atoms with Crippen molar-refractivity contribution in [2.24, 2.45) is 5.84 Å². The molecule has 0 atom stereocenters. The summed E-state index contributed by atoms with van der Waals surface area (Å²) in [5.74, 6) is 5.27. The molecule has 0 aliphatic carbocycles. The van der Waals surface area contributed by atoms with Gasteiger partial charge in [-0.3, -0.25) is 10.6 Å². The normalized spacial score (nSPS) is 10.1. The van der Waals surface area contributed by atoms with Crippen molar-refractivity contribution in [2.45, 2.75) is 6.92 Å². The van der Waals surface area contributed by atoms with Gasteiger partial charge in [0.05, 0.1) is 11.3 Å². The average molecular weight is 284 g/mol. The smallest absolute Gasteiger partial charge is 0.257 e. The van der Waals surface area contributed by atoms with Gasteiger partial charge in [0, 0.05) is 25.5 Å². The standard InChI is InChI=1S/C16H20N4O/c1-11-7-8-15(19-17)14(9-11)16(21)18-12-5-4-6-13(10-12)20(2)3/h4-10,19H,17H2,1-3H3,(H,18,21). The highest BCUT2D eigenvalue weighted by atomic mass is 16.1. The number of rotatable bonds is 4. The van der Waals surface area contributed by atoms with Crippen LogP contribution in [0.25, 0.3) is 0 Å². The molecule has 0 spiro atoms. The van der Waals surface area contributed by atoms with E-state index in [0.717, 1.165) is 16.9 Å². The molecule has 1 amide bonds. The Labute approximate surface area is 124 Å². The zero-order valence-corrected chi connectivity index (χ0v) is 12.5. The van der Waals surface area contributed by atoms with E-state index in [1.54, 1.807) is 12.1 Å². The molecule has 21 heavy (non-hydrogen) atoms. The Bertz CT molecular complexity index is 652. The fourth-order valence-electron chi connectivity index (χ4n) is 2.03. The fraction of sp³-hybridized carbons (Fsp3) is 0.188. The van der Waals surface area contributed by atoms with Gasteiger partial charge in [-0.25, -0.2) is 0 Å². The van der Waals surface area contributed by atoms with E-state index in [9.17, 15) is 4.79 Å². The number of amides is 1. The highest BCUT2D eigenvalue weighted by Crippen LogP contribution is 2.21. The molecule has 2 aromatic carbocycles. The summed E-state index contributed by atoms with van der Waals surface area (Å²) in [5, 5.41) is 2.89. The molecule has 0 heterocycles. The van der Waals surface area contributed by atoms with E-state index in [2.05, 4.69) is 10.7 Å². The van der Waals surface area contributed by atoms with Gasteiger partial charge in [0.15, 0.2) is 0 Å². The first-order valence-electron chi connectivity index (χ1n) is 6.67. The number of aryl methyl sites for hydroxylation is 1. The third-order valence-electron chi connectivity index (χ3n) is 3.20. The molecule has 0 aliphatic rings. The monoisotopic (exact) mass is 284 g/mol. The molecule has 5 heteroatoms. The number of nitrogens with two attached hydrogens (primary N) is 1. The van der Waals surface area contributed by atoms with Crippen LogP contribution in [0.3, 0.4) is 0 Å². The summed E-state index contributed by atoms with van der Waals surface area (Å²) in [5.41, 5.74) is 6.44. The van der Waals surface area contributed by atoms with Crippen LogP contribution in [0, 0.1) is 6.92 Å². The first-order chi connectivity index (χ1) is 10.0. The zero-order chi connectivity index (χ0) is 15.4. The van der Waals surface area contributed by atoms with Crippen LogP contribution in [0.5, 0.6) is 0 Å². The second-order valence-electron chi connectivity index (χ2n) is 5.09. The number of carbonyl (C=O) groups is 1. The van der Waals surface area contributed by atoms with Crippen molar-refractivity contribution in [3.63, 3.8) is 0 Å². The largest absolute Gasteiger partial charge is 0.378 e. The lowest BCUT2D eigenvalue weighted by atomic mass is 10.1. The van der Waals surface area contributed by atoms with Crippen molar-refractivity contribution in [3.8, 4) is 0 Å². The van der Waals surface area contributed by atoms with Crippen LogP contribution >= 0.6 is 0 Å². The van der Waals surface area contributed by atoms with Crippen LogP contribution in [0.1, 0.15) is 15.9 Å². The number of anilines is 3. The lowest BCUT2D eigenvalue weighted by Crippen LogP contribution is -2.17. The van der Waals surface area contributed by atoms with Gasteiger partial charge in [-0.05, 0) is 37.3 Å². The number of nitrogens with one attached hydrogen (secondary N) is 2. The Balaban J connectivity index is 2.26. The van der Waals surface area contributed by atoms with Gasteiger partial charge in [-0.1, -0.05) is 17.7 Å². The van der Waals surface area contributed by atoms with E-state index in [0.29, 0.717) is 11.3 Å². The maximum atomic E-state index is 12.4. The molecule has 0 fully saturated rings. The van der Waals surface area contributed by atoms with Gasteiger partial charge >= 0.3 is 0 Å². The SMILES string of the molecule is Cc1ccc(NN)c(C(=O)Nc2cccc(N(C)C)c2)c1. The molecule has 5 nitrogen and oxygen atoms in total. The van der Waals surface area contributed by atoms with Crippen LogP contribution in [0.15, 0.2) is 42.5 Å². The third kappa shape index (κ3) is 3.52. The zero-order valence-electron chi connectivity index (χ0n) is 12.5. The van der Waals surface area contributed by atoms with Gasteiger partial charge < -0.3 is 15.6 Å². The van der Waals surface area contributed by atoms with Gasteiger partial charge in [-0.2, -0.15) is 0 Å². The second-order valence-corrected chi connectivity index (χ2v) is 5.09. The van der Waals surface area contributed by atoms with Crippen molar-refractivity contribution in [3.05, 3.63) is 53.6 Å². The maximum Gasteiger partial charge on any atom is 0.257 e. The molecule has 0 aliphatic heterocycles. The highest BCUT2D eigenvalue weighted by molar-refractivity contribution is 6.08. The fourth-order valence-corrected chi connectivity index (χ4v) is 2.03. The average Bonchev–Trinajstić information content (AvgIpc) is 2.47. The summed E-state index contributed by atoms with van der Waals surface area (Å²) < 4.78 is 0. The molecule has 0 radical (unpaired) electrons. The predicted molar refractivity (Wildman–Crippen MR) is 87.7 cm³/mol. The number of carbonyl (C=O) groups excluding carboxylic acids is 1. The number of hydrazine groups is 1. The second kappa shape index (κ2) is 6.28. The highest BCUT2D eigenvalue weighted by Gasteiger charge is 2.12. The molecule has 0 bridgehead atoms. The summed E-state index contributed by atoms with van der Waals surface area (Å²) in [6, 6.07) is 13.2. The minimum absolute atomic E-state index is 0.192. The van der Waals surface area contributed by atoms with Crippen molar-refractivity contribution in [1.82, 2.24) is 0 Å². The minimum Gasteiger partial charge on any atom is -0.378 e. The number of hydrogen-bond donors (Lipinski definition) is 3. The molecule has 0 unspecified atom stereocenters. The third-order valence-corrected chi connectivity index (χ3v) is 3.20. The first-order valence-corrected chi connectivity index (χ1v) is 6.67. The first kappa shape index (κ1) is 14.9. The van der Waals surface area contributed by atoms with Crippen molar-refractivity contribution >= 4 is 23.0 Å². The van der Waals surface area contributed by atoms with Crippen molar-refractivity contribution < 1.29 is 4.79 Å². The number of benzene rings is 2. The lowest BCUT2D eigenvalue weighted by molar-refractivity contribution is 0.102. The molecule has 2 rings (SSSR count). The van der Waals surface area contributed by atoms with Gasteiger partial charge in [0.25, 0.3) is 5.91 Å². The Morgan fingerprint density at radius 3 is 2.57 bits per heavy atom.